The zero-order valence-electron chi connectivity index (χ0n) is 28.9. The number of rotatable bonds is 16. The molecule has 1 aliphatic rings. The van der Waals surface area contributed by atoms with Crippen molar-refractivity contribution in [2.24, 2.45) is 11.3 Å². The highest BCUT2D eigenvalue weighted by Crippen LogP contribution is 2.35. The normalized spacial score (nSPS) is 14.8. The summed E-state index contributed by atoms with van der Waals surface area (Å²) in [6.45, 7) is 8.55. The second-order valence-electron chi connectivity index (χ2n) is 13.9. The summed E-state index contributed by atoms with van der Waals surface area (Å²) >= 11 is 0. The largest absolute Gasteiger partial charge is 0.454 e. The zero-order valence-corrected chi connectivity index (χ0v) is 29.7. The Morgan fingerprint density at radius 1 is 0.900 bits per heavy atom. The highest BCUT2D eigenvalue weighted by molar-refractivity contribution is 7.89. The number of benzene rings is 3. The molecule has 0 aliphatic carbocycles. The quantitative estimate of drug-likeness (QED) is 0.176. The molecule has 0 saturated carbocycles. The minimum absolute atomic E-state index is 0.0157. The maximum Gasteiger partial charge on any atom is 0.243 e. The molecule has 11 nitrogen and oxygen atoms in total. The molecule has 1 heterocycles. The van der Waals surface area contributed by atoms with Crippen LogP contribution >= 0.6 is 0 Å². The van der Waals surface area contributed by atoms with Gasteiger partial charge in [-0.25, -0.2) is 17.2 Å². The molecule has 4 N–H and O–H groups in total. The summed E-state index contributed by atoms with van der Waals surface area (Å²) in [6, 6.07) is 14.5. The Bertz CT molecular complexity index is 1720. The topological polar surface area (TPSA) is 146 Å². The van der Waals surface area contributed by atoms with E-state index >= 15 is 0 Å². The van der Waals surface area contributed by atoms with E-state index in [1.165, 1.54) is 22.5 Å². The highest BCUT2D eigenvalue weighted by Gasteiger charge is 2.37. The van der Waals surface area contributed by atoms with E-state index < -0.39 is 57.1 Å². The summed E-state index contributed by atoms with van der Waals surface area (Å²) in [6.07, 6.45) is -1.18. The number of aliphatic hydroxyl groups excluding tert-OH is 1. The van der Waals surface area contributed by atoms with E-state index in [1.807, 2.05) is 44.2 Å². The lowest BCUT2D eigenvalue weighted by Gasteiger charge is -2.34. The molecule has 0 fully saturated rings. The molecule has 0 radical (unpaired) electrons. The molecule has 50 heavy (non-hydrogen) atoms. The number of nitrogens with zero attached hydrogens (tertiary/aromatic N) is 1. The SMILES string of the molecule is CC(C)CN(CC(O)C(Cc1ccccc1)NC(=O)C(NC(=O)CNCc1cc(F)cc(F)c1)C(C)(C)C)S(=O)(=O)c1ccc2c(c1)OCO2. The summed E-state index contributed by atoms with van der Waals surface area (Å²) in [4.78, 5) is 26.8. The molecule has 0 spiro atoms. The second kappa shape index (κ2) is 16.7. The van der Waals surface area contributed by atoms with E-state index in [-0.39, 0.29) is 50.2 Å². The fraction of sp³-hybridized carbons (Fsp3) is 0.444. The monoisotopic (exact) mass is 716 g/mol. The number of hydrogen-bond acceptors (Lipinski definition) is 8. The van der Waals surface area contributed by atoms with E-state index in [9.17, 15) is 31.9 Å². The number of aliphatic hydroxyl groups is 1. The number of amides is 2. The van der Waals surface area contributed by atoms with Crippen molar-refractivity contribution in [3.8, 4) is 11.5 Å². The van der Waals surface area contributed by atoms with Crippen molar-refractivity contribution in [1.29, 1.82) is 0 Å². The number of ether oxygens (including phenoxy) is 2. The Kier molecular flexibility index (Phi) is 12.9. The maximum atomic E-state index is 13.9. The van der Waals surface area contributed by atoms with Crippen molar-refractivity contribution in [1.82, 2.24) is 20.3 Å². The van der Waals surface area contributed by atoms with Gasteiger partial charge in [-0.05, 0) is 53.1 Å². The molecule has 3 atom stereocenters. The Labute approximate surface area is 292 Å². The van der Waals surface area contributed by atoms with Crippen LogP contribution in [0.2, 0.25) is 0 Å². The number of fused-ring (bicyclic) bond motifs is 1. The number of halogens is 2. The first-order valence-electron chi connectivity index (χ1n) is 16.4. The molecule has 3 aromatic rings. The van der Waals surface area contributed by atoms with E-state index in [2.05, 4.69) is 16.0 Å². The van der Waals surface area contributed by atoms with Crippen molar-refractivity contribution >= 4 is 21.8 Å². The molecule has 272 valence electrons. The summed E-state index contributed by atoms with van der Waals surface area (Å²) in [5, 5.41) is 20.1. The van der Waals surface area contributed by atoms with Crippen LogP contribution in [0.3, 0.4) is 0 Å². The maximum absolute atomic E-state index is 13.9. The summed E-state index contributed by atoms with van der Waals surface area (Å²) in [7, 11) is -4.12. The van der Waals surface area contributed by atoms with E-state index in [0.29, 0.717) is 17.1 Å². The van der Waals surface area contributed by atoms with Gasteiger partial charge in [0.25, 0.3) is 0 Å². The van der Waals surface area contributed by atoms with Crippen molar-refractivity contribution in [2.45, 2.75) is 70.7 Å². The van der Waals surface area contributed by atoms with Crippen LogP contribution < -0.4 is 25.4 Å². The number of carbonyl (C=O) groups is 2. The highest BCUT2D eigenvalue weighted by atomic mass is 32.2. The van der Waals surface area contributed by atoms with E-state index in [0.717, 1.165) is 23.8 Å². The lowest BCUT2D eigenvalue weighted by Crippen LogP contribution is -2.59. The van der Waals surface area contributed by atoms with Crippen LogP contribution in [0.4, 0.5) is 8.78 Å². The molecule has 4 rings (SSSR count). The standard InChI is InChI=1S/C36H46F2N4O7S/c1-23(2)20-42(50(46,47)28-11-12-31-32(17-28)49-22-48-31)21-30(43)29(15-24-9-7-6-8-10-24)40-35(45)34(36(3,4)5)41-33(44)19-39-18-25-13-26(37)16-27(38)14-25/h6-14,16-17,23,29-30,34,39,43H,15,18-22H2,1-5H3,(H,40,45)(H,41,44). The van der Waals surface area contributed by atoms with Gasteiger partial charge >= 0.3 is 0 Å². The van der Waals surface area contributed by atoms with Crippen LogP contribution in [0.15, 0.2) is 71.6 Å². The fourth-order valence-corrected chi connectivity index (χ4v) is 7.18. The first-order valence-corrected chi connectivity index (χ1v) is 17.8. The van der Waals surface area contributed by atoms with Gasteiger partial charge in [0.1, 0.15) is 17.7 Å². The van der Waals surface area contributed by atoms with Gasteiger partial charge in [-0.3, -0.25) is 9.59 Å². The average Bonchev–Trinajstić information content (AvgIpc) is 3.50. The van der Waals surface area contributed by atoms with Crippen LogP contribution in [0, 0.1) is 23.0 Å². The van der Waals surface area contributed by atoms with E-state index in [1.54, 1.807) is 20.8 Å². The van der Waals surface area contributed by atoms with Crippen molar-refractivity contribution in [3.63, 3.8) is 0 Å². The van der Waals surface area contributed by atoms with Gasteiger partial charge in [0.05, 0.1) is 23.6 Å². The number of sulfonamides is 1. The van der Waals surface area contributed by atoms with Gasteiger partial charge in [0, 0.05) is 31.8 Å². The Morgan fingerprint density at radius 2 is 1.56 bits per heavy atom. The van der Waals surface area contributed by atoms with Crippen molar-refractivity contribution in [2.75, 3.05) is 26.4 Å². The molecular weight excluding hydrogens is 670 g/mol. The summed E-state index contributed by atoms with van der Waals surface area (Å²) in [5.41, 5.74) is 0.325. The lowest BCUT2D eigenvalue weighted by molar-refractivity contribution is -0.132. The van der Waals surface area contributed by atoms with Crippen LogP contribution in [0.5, 0.6) is 11.5 Å². The molecule has 0 saturated heterocycles. The predicted molar refractivity (Wildman–Crippen MR) is 184 cm³/mol. The molecule has 0 aromatic heterocycles. The van der Waals surface area contributed by atoms with Gasteiger partial charge < -0.3 is 30.5 Å². The van der Waals surface area contributed by atoms with Crippen LogP contribution in [-0.4, -0.2) is 74.3 Å². The van der Waals surface area contributed by atoms with Crippen molar-refractivity contribution in [3.05, 3.63) is 89.5 Å². The molecule has 3 unspecified atom stereocenters. The Morgan fingerprint density at radius 3 is 2.20 bits per heavy atom. The third-order valence-corrected chi connectivity index (χ3v) is 9.83. The molecular formula is C36H46F2N4O7S. The number of hydrogen-bond donors (Lipinski definition) is 4. The van der Waals surface area contributed by atoms with Gasteiger partial charge in [0.15, 0.2) is 11.5 Å². The minimum atomic E-state index is -4.12. The predicted octanol–water partition coefficient (Wildman–Crippen LogP) is 3.75. The van der Waals surface area contributed by atoms with Gasteiger partial charge in [-0.15, -0.1) is 0 Å². The zero-order chi connectivity index (χ0) is 36.6. The first kappa shape index (κ1) is 38.7. The summed E-state index contributed by atoms with van der Waals surface area (Å²) in [5.74, 6) is -1.94. The molecule has 1 aliphatic heterocycles. The Balaban J connectivity index is 1.52. The molecule has 0 bridgehead atoms. The Hall–Kier alpha value is -4.11. The third-order valence-electron chi connectivity index (χ3n) is 8.00. The van der Waals surface area contributed by atoms with Gasteiger partial charge in [0.2, 0.25) is 28.6 Å². The third kappa shape index (κ3) is 10.7. The minimum Gasteiger partial charge on any atom is -0.454 e. The lowest BCUT2D eigenvalue weighted by atomic mass is 9.85. The van der Waals surface area contributed by atoms with Crippen LogP contribution in [-0.2, 0) is 32.6 Å². The first-order chi connectivity index (χ1) is 23.5. The van der Waals surface area contributed by atoms with Gasteiger partial charge in [-0.1, -0.05) is 65.0 Å². The van der Waals surface area contributed by atoms with Crippen LogP contribution in [0.25, 0.3) is 0 Å². The smallest absolute Gasteiger partial charge is 0.243 e. The van der Waals surface area contributed by atoms with Crippen LogP contribution in [0.1, 0.15) is 45.7 Å². The molecule has 3 aromatic carbocycles. The average molecular weight is 717 g/mol. The fourth-order valence-electron chi connectivity index (χ4n) is 5.54. The molecule has 14 heteroatoms. The number of carbonyl (C=O) groups excluding carboxylic acids is 2. The number of nitrogens with one attached hydrogen (secondary N) is 3. The van der Waals surface area contributed by atoms with Crippen molar-refractivity contribution < 1.29 is 41.4 Å². The second-order valence-corrected chi connectivity index (χ2v) is 15.8. The van der Waals surface area contributed by atoms with Gasteiger partial charge in [-0.2, -0.15) is 4.31 Å². The molecule has 2 amide bonds. The summed E-state index contributed by atoms with van der Waals surface area (Å²) < 4.78 is 66.9. The van der Waals surface area contributed by atoms with E-state index in [4.69, 9.17) is 9.47 Å².